The second kappa shape index (κ2) is 4.42. The summed E-state index contributed by atoms with van der Waals surface area (Å²) in [6.07, 6.45) is 4.49. The lowest BCUT2D eigenvalue weighted by Crippen LogP contribution is -2.20. The lowest BCUT2D eigenvalue weighted by Gasteiger charge is -2.11. The van der Waals surface area contributed by atoms with Gasteiger partial charge in [-0.2, -0.15) is 0 Å². The van der Waals surface area contributed by atoms with Crippen LogP contribution in [0.1, 0.15) is 19.9 Å². The average molecular weight is 268 g/mol. The zero-order chi connectivity index (χ0) is 13.3. The summed E-state index contributed by atoms with van der Waals surface area (Å²) in [7, 11) is -3.92. The summed E-state index contributed by atoms with van der Waals surface area (Å²) in [6.45, 7) is 3.61. The number of hydrogen-bond acceptors (Lipinski definition) is 6. The molecule has 9 heteroatoms. The molecule has 2 aromatic rings. The number of nitrogens with two attached hydrogens (primary N) is 1. The standard InChI is InChI=1S/C9H12N6O2S/c1-6(2)15-8(7-5-11-3-4-12-7)13-14-9(15)18(10,16)17/h3-6H,1-2H3,(H2,10,16,17). The lowest BCUT2D eigenvalue weighted by atomic mass is 10.3. The van der Waals surface area contributed by atoms with Crippen molar-refractivity contribution in [2.24, 2.45) is 5.14 Å². The van der Waals surface area contributed by atoms with Crippen molar-refractivity contribution in [1.29, 1.82) is 0 Å². The molecule has 0 aromatic carbocycles. The third kappa shape index (κ3) is 2.22. The molecule has 2 heterocycles. The molecule has 2 N–H and O–H groups in total. The van der Waals surface area contributed by atoms with Crippen LogP contribution in [0, 0.1) is 0 Å². The van der Waals surface area contributed by atoms with E-state index in [2.05, 4.69) is 20.2 Å². The fraction of sp³-hybridized carbons (Fsp3) is 0.333. The van der Waals surface area contributed by atoms with Crippen molar-refractivity contribution < 1.29 is 8.42 Å². The molecule has 0 aliphatic rings. The van der Waals surface area contributed by atoms with Crippen molar-refractivity contribution >= 4 is 10.0 Å². The molecule has 2 rings (SSSR count). The van der Waals surface area contributed by atoms with Crippen LogP contribution in [0.15, 0.2) is 23.7 Å². The van der Waals surface area contributed by atoms with E-state index < -0.39 is 10.0 Å². The molecule has 0 saturated carbocycles. The van der Waals surface area contributed by atoms with Crippen LogP contribution in [0.3, 0.4) is 0 Å². The fourth-order valence-corrected chi connectivity index (χ4v) is 2.25. The molecule has 0 bridgehead atoms. The quantitative estimate of drug-likeness (QED) is 0.835. The highest BCUT2D eigenvalue weighted by atomic mass is 32.2. The van der Waals surface area contributed by atoms with Gasteiger partial charge in [0.25, 0.3) is 15.2 Å². The largest absolute Gasteiger partial charge is 0.293 e. The highest BCUT2D eigenvalue weighted by molar-refractivity contribution is 7.89. The molecule has 0 aliphatic heterocycles. The molecule has 0 atom stereocenters. The Bertz CT molecular complexity index is 649. The van der Waals surface area contributed by atoms with E-state index in [9.17, 15) is 8.42 Å². The third-order valence-electron chi connectivity index (χ3n) is 2.23. The Hall–Kier alpha value is -1.87. The van der Waals surface area contributed by atoms with Gasteiger partial charge in [0.2, 0.25) is 0 Å². The van der Waals surface area contributed by atoms with E-state index in [0.29, 0.717) is 11.5 Å². The maximum absolute atomic E-state index is 11.4. The van der Waals surface area contributed by atoms with Gasteiger partial charge in [0.15, 0.2) is 5.82 Å². The first-order valence-electron chi connectivity index (χ1n) is 5.15. The first kappa shape index (κ1) is 12.6. The highest BCUT2D eigenvalue weighted by Crippen LogP contribution is 2.21. The van der Waals surface area contributed by atoms with E-state index in [1.165, 1.54) is 23.2 Å². The molecule has 2 aromatic heterocycles. The van der Waals surface area contributed by atoms with Gasteiger partial charge in [0.1, 0.15) is 5.69 Å². The van der Waals surface area contributed by atoms with Crippen LogP contribution >= 0.6 is 0 Å². The van der Waals surface area contributed by atoms with Crippen LogP contribution in [0.2, 0.25) is 0 Å². The fourth-order valence-electron chi connectivity index (χ4n) is 1.53. The minimum absolute atomic E-state index is 0.176. The summed E-state index contributed by atoms with van der Waals surface area (Å²) in [5, 5.41) is 12.3. The molecule has 8 nitrogen and oxygen atoms in total. The van der Waals surface area contributed by atoms with Gasteiger partial charge in [-0.05, 0) is 13.8 Å². The first-order valence-corrected chi connectivity index (χ1v) is 6.70. The number of primary sulfonamides is 1. The smallest absolute Gasteiger partial charge is 0.273 e. The van der Waals surface area contributed by atoms with Gasteiger partial charge < -0.3 is 0 Å². The Kier molecular flexibility index (Phi) is 3.09. The van der Waals surface area contributed by atoms with Crippen LogP contribution in [0.4, 0.5) is 0 Å². The molecular weight excluding hydrogens is 256 g/mol. The Balaban J connectivity index is 2.68. The van der Waals surface area contributed by atoms with Gasteiger partial charge in [-0.1, -0.05) is 0 Å². The zero-order valence-electron chi connectivity index (χ0n) is 9.85. The minimum Gasteiger partial charge on any atom is -0.293 e. The van der Waals surface area contributed by atoms with Gasteiger partial charge >= 0.3 is 0 Å². The highest BCUT2D eigenvalue weighted by Gasteiger charge is 2.24. The van der Waals surface area contributed by atoms with E-state index in [4.69, 9.17) is 5.14 Å². The van der Waals surface area contributed by atoms with Crippen molar-refractivity contribution in [2.45, 2.75) is 25.0 Å². The molecular formula is C9H12N6O2S. The number of nitrogens with zero attached hydrogens (tertiary/aromatic N) is 5. The second-order valence-electron chi connectivity index (χ2n) is 3.91. The zero-order valence-corrected chi connectivity index (χ0v) is 10.7. The van der Waals surface area contributed by atoms with Crippen LogP contribution in [-0.4, -0.2) is 33.2 Å². The number of sulfonamides is 1. The molecule has 18 heavy (non-hydrogen) atoms. The number of aromatic nitrogens is 5. The van der Waals surface area contributed by atoms with Gasteiger partial charge in [0, 0.05) is 18.4 Å². The molecule has 0 aliphatic carbocycles. The van der Waals surface area contributed by atoms with E-state index >= 15 is 0 Å². The summed E-state index contributed by atoms with van der Waals surface area (Å²) in [5.74, 6) is 0.321. The maximum Gasteiger partial charge on any atom is 0.273 e. The molecule has 0 saturated heterocycles. The minimum atomic E-state index is -3.92. The lowest BCUT2D eigenvalue weighted by molar-refractivity contribution is 0.524. The van der Waals surface area contributed by atoms with Crippen LogP contribution < -0.4 is 5.14 Å². The van der Waals surface area contributed by atoms with Crippen molar-refractivity contribution in [3.63, 3.8) is 0 Å². The van der Waals surface area contributed by atoms with Crippen LogP contribution in [0.5, 0.6) is 0 Å². The SMILES string of the molecule is CC(C)n1c(-c2cnccn2)nnc1S(N)(=O)=O. The summed E-state index contributed by atoms with van der Waals surface area (Å²) < 4.78 is 24.3. The number of rotatable bonds is 3. The van der Waals surface area contributed by atoms with E-state index in [1.54, 1.807) is 13.8 Å². The molecule has 0 spiro atoms. The summed E-state index contributed by atoms with van der Waals surface area (Å²) >= 11 is 0. The van der Waals surface area contributed by atoms with Gasteiger partial charge in [-0.15, -0.1) is 10.2 Å². The van der Waals surface area contributed by atoms with E-state index in [-0.39, 0.29) is 11.2 Å². The van der Waals surface area contributed by atoms with E-state index in [0.717, 1.165) is 0 Å². The molecule has 0 fully saturated rings. The second-order valence-corrected chi connectivity index (χ2v) is 5.36. The summed E-state index contributed by atoms with van der Waals surface area (Å²) in [6, 6.07) is -0.176. The van der Waals surface area contributed by atoms with Gasteiger partial charge in [-0.3, -0.25) is 9.55 Å². The Morgan fingerprint density at radius 3 is 2.50 bits per heavy atom. The normalized spacial score (nSPS) is 12.0. The van der Waals surface area contributed by atoms with Crippen molar-refractivity contribution in [3.05, 3.63) is 18.6 Å². The molecule has 0 radical (unpaired) electrons. The van der Waals surface area contributed by atoms with Gasteiger partial charge in [-0.25, -0.2) is 18.5 Å². The predicted octanol–water partition coefficient (Wildman–Crippen LogP) is -0.0366. The topological polar surface area (TPSA) is 117 Å². The Labute approximate surface area is 104 Å². The number of hydrogen-bond donors (Lipinski definition) is 1. The molecule has 0 unspecified atom stereocenters. The van der Waals surface area contributed by atoms with Crippen molar-refractivity contribution in [1.82, 2.24) is 24.7 Å². The van der Waals surface area contributed by atoms with Crippen LogP contribution in [-0.2, 0) is 10.0 Å². The molecule has 96 valence electrons. The van der Waals surface area contributed by atoms with E-state index in [1.807, 2.05) is 0 Å². The Morgan fingerprint density at radius 2 is 2.00 bits per heavy atom. The van der Waals surface area contributed by atoms with Gasteiger partial charge in [0.05, 0.1) is 6.20 Å². The maximum atomic E-state index is 11.4. The Morgan fingerprint density at radius 1 is 1.28 bits per heavy atom. The molecule has 0 amide bonds. The predicted molar refractivity (Wildman–Crippen MR) is 62.8 cm³/mol. The first-order chi connectivity index (χ1) is 8.41. The third-order valence-corrected chi connectivity index (χ3v) is 3.01. The van der Waals surface area contributed by atoms with Crippen molar-refractivity contribution in [2.75, 3.05) is 0 Å². The van der Waals surface area contributed by atoms with Crippen LogP contribution in [0.25, 0.3) is 11.5 Å². The monoisotopic (exact) mass is 268 g/mol. The summed E-state index contributed by atoms with van der Waals surface area (Å²) in [4.78, 5) is 7.97. The average Bonchev–Trinajstić information content (AvgIpc) is 2.74. The van der Waals surface area contributed by atoms with Crippen molar-refractivity contribution in [3.8, 4) is 11.5 Å². The summed E-state index contributed by atoms with van der Waals surface area (Å²) in [5.41, 5.74) is 0.439.